The van der Waals surface area contributed by atoms with Crippen molar-refractivity contribution >= 4 is 16.9 Å². The van der Waals surface area contributed by atoms with Crippen LogP contribution < -0.4 is 4.73 Å². The van der Waals surface area contributed by atoms with Crippen LogP contribution in [0.2, 0.25) is 0 Å². The highest BCUT2D eigenvalue weighted by Gasteiger charge is 2.18. The number of aromatic nitrogens is 3. The molecule has 0 aromatic carbocycles. The highest BCUT2D eigenvalue weighted by Crippen LogP contribution is 2.08. The van der Waals surface area contributed by atoms with Crippen molar-refractivity contribution in [2.75, 3.05) is 0 Å². The van der Waals surface area contributed by atoms with Crippen LogP contribution in [-0.4, -0.2) is 15.8 Å². The zero-order valence-electron chi connectivity index (χ0n) is 8.39. The first-order valence-electron chi connectivity index (χ1n) is 4.47. The summed E-state index contributed by atoms with van der Waals surface area (Å²) in [5.41, 5.74) is 1.16. The lowest BCUT2D eigenvalue weighted by atomic mass is 10.2. The van der Waals surface area contributed by atoms with Crippen LogP contribution in [0.25, 0.3) is 11.2 Å². The van der Waals surface area contributed by atoms with Gasteiger partial charge in [0.2, 0.25) is 11.3 Å². The minimum Gasteiger partial charge on any atom is -0.618 e. The average molecular weight is 203 g/mol. The van der Waals surface area contributed by atoms with Crippen LogP contribution in [0.4, 0.5) is 0 Å². The normalized spacial score (nSPS) is 10.5. The van der Waals surface area contributed by atoms with Gasteiger partial charge < -0.3 is 5.21 Å². The zero-order chi connectivity index (χ0) is 11.0. The van der Waals surface area contributed by atoms with Gasteiger partial charge in [-0.25, -0.2) is 9.97 Å². The van der Waals surface area contributed by atoms with Gasteiger partial charge in [-0.15, -0.1) is 0 Å². The van der Waals surface area contributed by atoms with Crippen LogP contribution in [0.1, 0.15) is 23.1 Å². The van der Waals surface area contributed by atoms with Gasteiger partial charge in [-0.3, -0.25) is 4.79 Å². The van der Waals surface area contributed by atoms with Gasteiger partial charge >= 0.3 is 0 Å². The summed E-state index contributed by atoms with van der Waals surface area (Å²) in [7, 11) is 0. The molecule has 0 fully saturated rings. The van der Waals surface area contributed by atoms with Crippen molar-refractivity contribution in [1.82, 2.24) is 9.97 Å². The first kappa shape index (κ1) is 9.51. The lowest BCUT2D eigenvalue weighted by molar-refractivity contribution is -0.584. The monoisotopic (exact) mass is 203 g/mol. The summed E-state index contributed by atoms with van der Waals surface area (Å²) in [6, 6.07) is 3.28. The fourth-order valence-electron chi connectivity index (χ4n) is 1.43. The molecular formula is C10H9N3O2. The molecule has 0 aliphatic carbocycles. The third-order valence-electron chi connectivity index (χ3n) is 2.18. The quantitative estimate of drug-likeness (QED) is 0.390. The molecule has 0 spiro atoms. The fraction of sp³-hybridized carbons (Fsp3) is 0.200. The third-order valence-corrected chi connectivity index (χ3v) is 2.18. The van der Waals surface area contributed by atoms with Crippen molar-refractivity contribution in [1.29, 1.82) is 0 Å². The molecule has 5 nitrogen and oxygen atoms in total. The Morgan fingerprint density at radius 3 is 2.93 bits per heavy atom. The van der Waals surface area contributed by atoms with Gasteiger partial charge in [0.05, 0.1) is 0 Å². The van der Waals surface area contributed by atoms with Gasteiger partial charge in [0.1, 0.15) is 0 Å². The van der Waals surface area contributed by atoms with E-state index in [0.29, 0.717) is 21.6 Å². The molecule has 0 aliphatic heterocycles. The smallest absolute Gasteiger partial charge is 0.261 e. The largest absolute Gasteiger partial charge is 0.618 e. The number of rotatable bonds is 1. The van der Waals surface area contributed by atoms with Crippen LogP contribution >= 0.6 is 0 Å². The molecule has 0 unspecified atom stereocenters. The molecular weight excluding hydrogens is 194 g/mol. The maximum absolute atomic E-state index is 11.7. The lowest BCUT2D eigenvalue weighted by Gasteiger charge is -2.05. The number of hydrogen-bond donors (Lipinski definition) is 0. The summed E-state index contributed by atoms with van der Waals surface area (Å²) in [6.45, 7) is 2.95. The number of fused-ring (bicyclic) bond motifs is 1. The van der Waals surface area contributed by atoms with Gasteiger partial charge in [0.25, 0.3) is 5.52 Å². The Hall–Kier alpha value is -2.04. The Labute approximate surface area is 86.0 Å². The Balaban J connectivity index is 2.88. The van der Waals surface area contributed by atoms with E-state index < -0.39 is 0 Å². The number of pyridine rings is 1. The fourth-order valence-corrected chi connectivity index (χ4v) is 1.43. The summed E-state index contributed by atoms with van der Waals surface area (Å²) < 4.78 is 0.687. The molecule has 0 bridgehead atoms. The van der Waals surface area contributed by atoms with E-state index in [1.807, 2.05) is 0 Å². The van der Waals surface area contributed by atoms with E-state index >= 15 is 0 Å². The van der Waals surface area contributed by atoms with E-state index in [0.717, 1.165) is 0 Å². The minimum absolute atomic E-state index is 0.177. The zero-order valence-corrected chi connectivity index (χ0v) is 8.39. The van der Waals surface area contributed by atoms with Crippen molar-refractivity contribution in [3.8, 4) is 0 Å². The highest BCUT2D eigenvalue weighted by molar-refractivity contribution is 5.93. The first-order chi connectivity index (χ1) is 7.11. The Morgan fingerprint density at radius 1 is 1.53 bits per heavy atom. The topological polar surface area (TPSA) is 69.8 Å². The Bertz CT molecular complexity index is 552. The number of hydrogen-bond acceptors (Lipinski definition) is 4. The number of Topliss-reactive ketones (excluding diaryl/α,β-unsaturated/α-hetero) is 1. The molecule has 15 heavy (non-hydrogen) atoms. The second kappa shape index (κ2) is 3.27. The van der Waals surface area contributed by atoms with E-state index in [4.69, 9.17) is 0 Å². The van der Waals surface area contributed by atoms with Crippen LogP contribution in [-0.2, 0) is 0 Å². The maximum Gasteiger partial charge on any atom is 0.261 e. The van der Waals surface area contributed by atoms with Crippen molar-refractivity contribution < 1.29 is 9.52 Å². The molecule has 0 N–H and O–H groups in total. The van der Waals surface area contributed by atoms with Crippen LogP contribution in [0.15, 0.2) is 18.3 Å². The Kier molecular flexibility index (Phi) is 2.07. The molecule has 2 aromatic heterocycles. The number of nitrogens with zero attached hydrogens (tertiary/aromatic N) is 3. The van der Waals surface area contributed by atoms with E-state index in [1.165, 1.54) is 13.1 Å². The lowest BCUT2D eigenvalue weighted by Crippen LogP contribution is -2.34. The van der Waals surface area contributed by atoms with Gasteiger partial charge in [-0.1, -0.05) is 0 Å². The molecule has 0 aliphatic rings. The summed E-state index contributed by atoms with van der Waals surface area (Å²) in [5, 5.41) is 11.7. The van der Waals surface area contributed by atoms with Crippen molar-refractivity contribution in [3.05, 3.63) is 34.9 Å². The van der Waals surface area contributed by atoms with Crippen LogP contribution in [0.3, 0.4) is 0 Å². The summed E-state index contributed by atoms with van der Waals surface area (Å²) in [4.78, 5) is 19.2. The molecule has 2 rings (SSSR count). The predicted octanol–water partition coefficient (Wildman–Crippen LogP) is 0.774. The molecule has 5 heteroatoms. The van der Waals surface area contributed by atoms with Crippen LogP contribution in [0.5, 0.6) is 0 Å². The van der Waals surface area contributed by atoms with Gasteiger partial charge in [-0.05, 0) is 6.07 Å². The Morgan fingerprint density at radius 2 is 2.27 bits per heavy atom. The van der Waals surface area contributed by atoms with Gasteiger partial charge in [0.15, 0.2) is 11.5 Å². The average Bonchev–Trinajstić information content (AvgIpc) is 2.23. The summed E-state index contributed by atoms with van der Waals surface area (Å²) >= 11 is 0. The molecule has 76 valence electrons. The summed E-state index contributed by atoms with van der Waals surface area (Å²) in [6.07, 6.45) is 1.54. The molecule has 0 amide bonds. The SMILES string of the molecule is CC(=O)c1nc2ncccc2[n+]([O-])c1C. The number of carbonyl (C=O) groups excluding carboxylic acids is 1. The minimum atomic E-state index is -0.232. The third kappa shape index (κ3) is 1.41. The van der Waals surface area contributed by atoms with Crippen molar-refractivity contribution in [3.63, 3.8) is 0 Å². The second-order valence-electron chi connectivity index (χ2n) is 3.24. The molecule has 0 saturated heterocycles. The molecule has 2 heterocycles. The van der Waals surface area contributed by atoms with E-state index in [2.05, 4.69) is 9.97 Å². The maximum atomic E-state index is 11.7. The van der Waals surface area contributed by atoms with E-state index in [9.17, 15) is 10.0 Å². The van der Waals surface area contributed by atoms with Gasteiger partial charge in [-0.2, -0.15) is 4.73 Å². The number of carbonyl (C=O) groups is 1. The number of ketones is 1. The second-order valence-corrected chi connectivity index (χ2v) is 3.24. The van der Waals surface area contributed by atoms with E-state index in [-0.39, 0.29) is 11.5 Å². The van der Waals surface area contributed by atoms with E-state index in [1.54, 1.807) is 19.1 Å². The first-order valence-corrected chi connectivity index (χ1v) is 4.47. The van der Waals surface area contributed by atoms with Crippen molar-refractivity contribution in [2.45, 2.75) is 13.8 Å². The molecule has 2 aromatic rings. The van der Waals surface area contributed by atoms with Crippen molar-refractivity contribution in [2.24, 2.45) is 0 Å². The molecule has 0 atom stereocenters. The molecule has 0 saturated carbocycles. The molecule has 0 radical (unpaired) electrons. The standard InChI is InChI=1S/C10H9N3O2/c1-6-9(7(2)14)12-10-8(13(6)15)4-3-5-11-10/h3-5H,1-2H3. The highest BCUT2D eigenvalue weighted by atomic mass is 16.5. The predicted molar refractivity (Wildman–Crippen MR) is 53.2 cm³/mol. The summed E-state index contributed by atoms with van der Waals surface area (Å²) in [5.74, 6) is -0.232. The van der Waals surface area contributed by atoms with Crippen LogP contribution in [0, 0.1) is 12.1 Å². The van der Waals surface area contributed by atoms with Gasteiger partial charge in [0, 0.05) is 26.1 Å².